The average molecular weight is 542 g/mol. The van der Waals surface area contributed by atoms with Crippen molar-refractivity contribution in [2.24, 2.45) is 0 Å². The van der Waals surface area contributed by atoms with Crippen LogP contribution in [0.2, 0.25) is 10.0 Å². The van der Waals surface area contributed by atoms with Crippen molar-refractivity contribution in [2.45, 2.75) is 51.7 Å². The molecule has 7 nitrogen and oxygen atoms in total. The summed E-state index contributed by atoms with van der Waals surface area (Å²) in [5, 5.41) is 15.3. The summed E-state index contributed by atoms with van der Waals surface area (Å²) in [6, 6.07) is 19.5. The van der Waals surface area contributed by atoms with E-state index in [0.717, 1.165) is 5.56 Å². The Morgan fingerprint density at radius 1 is 0.946 bits per heavy atom. The number of nitrogens with zero attached hydrogens (tertiary/aromatic N) is 2. The Morgan fingerprint density at radius 3 is 2.14 bits per heavy atom. The van der Waals surface area contributed by atoms with Crippen molar-refractivity contribution in [1.82, 2.24) is 10.2 Å². The molecule has 0 saturated carbocycles. The molecule has 0 heterocycles. The Morgan fingerprint density at radius 2 is 1.54 bits per heavy atom. The summed E-state index contributed by atoms with van der Waals surface area (Å²) >= 11 is 12.9. The van der Waals surface area contributed by atoms with Gasteiger partial charge in [-0.15, -0.1) is 0 Å². The molecule has 2 amide bonds. The van der Waals surface area contributed by atoms with Crippen molar-refractivity contribution in [3.8, 4) is 0 Å². The van der Waals surface area contributed by atoms with E-state index in [1.807, 2.05) is 51.1 Å². The van der Waals surface area contributed by atoms with Gasteiger partial charge >= 0.3 is 0 Å². The van der Waals surface area contributed by atoms with E-state index in [-0.39, 0.29) is 36.5 Å². The fourth-order valence-electron chi connectivity index (χ4n) is 3.96. The highest BCUT2D eigenvalue weighted by Gasteiger charge is 2.33. The number of carbonyl (C=O) groups is 2. The lowest BCUT2D eigenvalue weighted by Gasteiger charge is -2.34. The highest BCUT2D eigenvalue weighted by molar-refractivity contribution is 6.36. The van der Waals surface area contributed by atoms with Crippen LogP contribution in [0.3, 0.4) is 0 Å². The second kappa shape index (κ2) is 12.2. The summed E-state index contributed by atoms with van der Waals surface area (Å²) in [4.78, 5) is 39.9. The maximum absolute atomic E-state index is 13.9. The summed E-state index contributed by atoms with van der Waals surface area (Å²) < 4.78 is 0. The number of hydrogen-bond acceptors (Lipinski definition) is 4. The maximum atomic E-state index is 13.9. The van der Waals surface area contributed by atoms with Gasteiger partial charge in [0, 0.05) is 45.7 Å². The number of hydrogen-bond donors (Lipinski definition) is 1. The van der Waals surface area contributed by atoms with Crippen molar-refractivity contribution < 1.29 is 14.5 Å². The lowest BCUT2D eigenvalue weighted by atomic mass is 9.99. The number of carbonyl (C=O) groups excluding carboxylic acids is 2. The molecule has 0 radical (unpaired) electrons. The third kappa shape index (κ3) is 7.78. The monoisotopic (exact) mass is 541 g/mol. The van der Waals surface area contributed by atoms with Gasteiger partial charge in [0.05, 0.1) is 11.3 Å². The van der Waals surface area contributed by atoms with Crippen LogP contribution in [-0.4, -0.2) is 33.2 Å². The van der Waals surface area contributed by atoms with Gasteiger partial charge in [0.1, 0.15) is 6.04 Å². The van der Waals surface area contributed by atoms with E-state index >= 15 is 0 Å². The number of halogens is 2. The van der Waals surface area contributed by atoms with Gasteiger partial charge in [-0.2, -0.15) is 0 Å². The van der Waals surface area contributed by atoms with E-state index in [9.17, 15) is 19.7 Å². The third-order valence-electron chi connectivity index (χ3n) is 5.69. The zero-order valence-electron chi connectivity index (χ0n) is 20.9. The summed E-state index contributed by atoms with van der Waals surface area (Å²) in [6.07, 6.45) is -0.0409. The normalized spacial score (nSPS) is 12.0. The largest absolute Gasteiger partial charge is 0.350 e. The second-order valence-corrected chi connectivity index (χ2v) is 10.5. The summed E-state index contributed by atoms with van der Waals surface area (Å²) in [5.41, 5.74) is 0.877. The molecule has 3 aromatic carbocycles. The average Bonchev–Trinajstić information content (AvgIpc) is 2.82. The van der Waals surface area contributed by atoms with Crippen molar-refractivity contribution in [3.05, 3.63) is 110 Å². The van der Waals surface area contributed by atoms with Gasteiger partial charge in [0.2, 0.25) is 11.8 Å². The van der Waals surface area contributed by atoms with Crippen LogP contribution < -0.4 is 5.32 Å². The van der Waals surface area contributed by atoms with Crippen LogP contribution in [0.15, 0.2) is 72.8 Å². The Hall–Kier alpha value is -3.42. The molecule has 194 valence electrons. The molecule has 0 aliphatic carbocycles. The first-order valence-corrected chi connectivity index (χ1v) is 12.5. The smallest absolute Gasteiger partial charge is 0.273 e. The van der Waals surface area contributed by atoms with E-state index in [2.05, 4.69) is 5.32 Å². The quantitative estimate of drug-likeness (QED) is 0.265. The van der Waals surface area contributed by atoms with E-state index in [1.54, 1.807) is 30.3 Å². The van der Waals surface area contributed by atoms with Crippen LogP contribution in [0.4, 0.5) is 5.69 Å². The van der Waals surface area contributed by atoms with Crippen molar-refractivity contribution >= 4 is 40.7 Å². The second-order valence-electron chi connectivity index (χ2n) is 9.73. The van der Waals surface area contributed by atoms with E-state index < -0.39 is 22.4 Å². The van der Waals surface area contributed by atoms with Crippen LogP contribution in [0, 0.1) is 10.1 Å². The molecular weight excluding hydrogens is 513 g/mol. The number of benzene rings is 3. The minimum absolute atomic E-state index is 0.0486. The molecule has 0 fully saturated rings. The zero-order chi connectivity index (χ0) is 27.2. The SMILES string of the molecule is CC(C)(C)NC(=O)[C@H](Cc1ccccc1)N(Cc1c(Cl)cccc1Cl)C(=O)Cc1ccccc1[N+](=O)[O-]. The minimum atomic E-state index is -0.927. The van der Waals surface area contributed by atoms with Crippen LogP contribution in [0.1, 0.15) is 37.5 Å². The first-order valence-electron chi connectivity index (χ1n) is 11.8. The number of nitro benzene ring substituents is 1. The van der Waals surface area contributed by atoms with Crippen LogP contribution in [0.5, 0.6) is 0 Å². The molecule has 0 unspecified atom stereocenters. The lowest BCUT2D eigenvalue weighted by molar-refractivity contribution is -0.385. The Labute approximate surface area is 226 Å². The van der Waals surface area contributed by atoms with Gasteiger partial charge in [0.25, 0.3) is 5.69 Å². The molecule has 3 aromatic rings. The van der Waals surface area contributed by atoms with E-state index in [1.165, 1.54) is 17.0 Å². The maximum Gasteiger partial charge on any atom is 0.273 e. The summed E-state index contributed by atoms with van der Waals surface area (Å²) in [5.74, 6) is -0.814. The Kier molecular flexibility index (Phi) is 9.29. The highest BCUT2D eigenvalue weighted by atomic mass is 35.5. The molecule has 3 rings (SSSR count). The molecule has 0 aliphatic heterocycles. The first kappa shape index (κ1) is 28.2. The number of para-hydroxylation sites is 1. The third-order valence-corrected chi connectivity index (χ3v) is 6.40. The molecule has 0 aromatic heterocycles. The fourth-order valence-corrected chi connectivity index (χ4v) is 4.48. The number of nitrogens with one attached hydrogen (secondary N) is 1. The van der Waals surface area contributed by atoms with Crippen molar-refractivity contribution in [3.63, 3.8) is 0 Å². The Bertz CT molecular complexity index is 1260. The van der Waals surface area contributed by atoms with Gasteiger partial charge in [-0.1, -0.05) is 77.8 Å². The molecule has 37 heavy (non-hydrogen) atoms. The fraction of sp³-hybridized carbons (Fsp3) is 0.286. The van der Waals surface area contributed by atoms with Gasteiger partial charge in [-0.25, -0.2) is 0 Å². The van der Waals surface area contributed by atoms with Crippen molar-refractivity contribution in [1.29, 1.82) is 0 Å². The molecule has 9 heteroatoms. The predicted octanol–water partition coefficient (Wildman–Crippen LogP) is 6.00. The van der Waals surface area contributed by atoms with Gasteiger partial charge in [-0.05, 0) is 38.5 Å². The van der Waals surface area contributed by atoms with Crippen LogP contribution in [-0.2, 0) is 29.0 Å². The Balaban J connectivity index is 2.08. The number of rotatable bonds is 9. The molecule has 1 atom stereocenters. The molecular formula is C28H29Cl2N3O4. The lowest BCUT2D eigenvalue weighted by Crippen LogP contribution is -2.54. The van der Waals surface area contributed by atoms with Gasteiger partial charge < -0.3 is 10.2 Å². The van der Waals surface area contributed by atoms with Crippen LogP contribution in [0.25, 0.3) is 0 Å². The number of nitro groups is 1. The number of amides is 2. The first-order chi connectivity index (χ1) is 17.5. The van der Waals surface area contributed by atoms with Crippen LogP contribution >= 0.6 is 23.2 Å². The standard InChI is InChI=1S/C28H29Cl2N3O4/c1-28(2,3)31-27(35)25(16-19-10-5-4-6-11-19)32(18-21-22(29)13-9-14-23(21)30)26(34)17-20-12-7-8-15-24(20)33(36)37/h4-15,25H,16-18H2,1-3H3,(H,31,35)/t25-/m0/s1. The summed E-state index contributed by atoms with van der Waals surface area (Å²) in [7, 11) is 0. The van der Waals surface area contributed by atoms with Crippen molar-refractivity contribution in [2.75, 3.05) is 0 Å². The van der Waals surface area contributed by atoms with E-state index in [0.29, 0.717) is 15.6 Å². The molecule has 0 spiro atoms. The highest BCUT2D eigenvalue weighted by Crippen LogP contribution is 2.28. The zero-order valence-corrected chi connectivity index (χ0v) is 22.4. The molecule has 0 aliphatic rings. The van der Waals surface area contributed by atoms with Gasteiger partial charge in [-0.3, -0.25) is 19.7 Å². The topological polar surface area (TPSA) is 92.6 Å². The predicted molar refractivity (Wildman–Crippen MR) is 146 cm³/mol. The molecule has 1 N–H and O–H groups in total. The van der Waals surface area contributed by atoms with Gasteiger partial charge in [0.15, 0.2) is 0 Å². The minimum Gasteiger partial charge on any atom is -0.350 e. The molecule has 0 saturated heterocycles. The molecule has 0 bridgehead atoms. The summed E-state index contributed by atoms with van der Waals surface area (Å²) in [6.45, 7) is 5.52. The van der Waals surface area contributed by atoms with E-state index in [4.69, 9.17) is 23.2 Å².